The van der Waals surface area contributed by atoms with Crippen LogP contribution in [0, 0.1) is 11.3 Å². The average molecular weight is 362 g/mol. The minimum atomic E-state index is -0.720. The highest BCUT2D eigenvalue weighted by Gasteiger charge is 2.14. The van der Waals surface area contributed by atoms with Crippen molar-refractivity contribution in [2.24, 2.45) is 0 Å². The van der Waals surface area contributed by atoms with Crippen molar-refractivity contribution in [3.05, 3.63) is 44.7 Å². The van der Waals surface area contributed by atoms with Gasteiger partial charge in [-0.1, -0.05) is 18.7 Å². The molecule has 0 aliphatic carbocycles. The molecule has 0 aliphatic heterocycles. The summed E-state index contributed by atoms with van der Waals surface area (Å²) in [6.45, 7) is 1.73. The number of thioether (sulfide) groups is 1. The summed E-state index contributed by atoms with van der Waals surface area (Å²) in [5.74, 6) is 1.83. The summed E-state index contributed by atoms with van der Waals surface area (Å²) in [5, 5.41) is 9.15. The number of hydrogen-bond acceptors (Lipinski definition) is 7. The van der Waals surface area contributed by atoms with Crippen LogP contribution in [0.3, 0.4) is 0 Å². The highest BCUT2D eigenvalue weighted by atomic mass is 32.2. The van der Waals surface area contributed by atoms with Crippen molar-refractivity contribution >= 4 is 11.8 Å². The number of ether oxygens (including phenoxy) is 2. The Morgan fingerprint density at radius 3 is 2.32 bits per heavy atom. The van der Waals surface area contributed by atoms with Gasteiger partial charge in [0.05, 0.1) is 26.8 Å². The minimum Gasteiger partial charge on any atom is -0.497 e. The van der Waals surface area contributed by atoms with Gasteiger partial charge in [0.2, 0.25) is 0 Å². The molecule has 1 heterocycles. The molecule has 0 saturated carbocycles. The molecular formula is C16H18N4O4S. The van der Waals surface area contributed by atoms with Crippen LogP contribution < -0.4 is 20.9 Å². The summed E-state index contributed by atoms with van der Waals surface area (Å²) < 4.78 is 12.7. The fourth-order valence-electron chi connectivity index (χ4n) is 2.23. The molecule has 0 N–H and O–H groups in total. The molecule has 0 saturated heterocycles. The molecule has 0 fully saturated rings. The van der Waals surface area contributed by atoms with Gasteiger partial charge in [0.25, 0.3) is 0 Å². The number of nitriles is 1. The first-order valence-corrected chi connectivity index (χ1v) is 8.46. The molecule has 0 spiro atoms. The van der Waals surface area contributed by atoms with Crippen molar-refractivity contribution in [1.82, 2.24) is 14.1 Å². The van der Waals surface area contributed by atoms with E-state index in [0.29, 0.717) is 22.4 Å². The lowest BCUT2D eigenvalue weighted by atomic mass is 10.2. The summed E-state index contributed by atoms with van der Waals surface area (Å²) in [6.07, 6.45) is 0. The maximum Gasteiger partial charge on any atom is 0.355 e. The summed E-state index contributed by atoms with van der Waals surface area (Å²) >= 11 is 1.29. The van der Waals surface area contributed by atoms with Crippen molar-refractivity contribution < 1.29 is 9.47 Å². The van der Waals surface area contributed by atoms with E-state index < -0.39 is 11.4 Å². The van der Waals surface area contributed by atoms with E-state index in [4.69, 9.17) is 14.7 Å². The molecule has 8 nitrogen and oxygen atoms in total. The number of methoxy groups -OCH3 is 2. The Labute approximate surface area is 148 Å². The van der Waals surface area contributed by atoms with Gasteiger partial charge in [-0.2, -0.15) is 10.2 Å². The summed E-state index contributed by atoms with van der Waals surface area (Å²) in [5.41, 5.74) is -0.540. The highest BCUT2D eigenvalue weighted by Crippen LogP contribution is 2.23. The number of benzene rings is 1. The first-order valence-electron chi connectivity index (χ1n) is 7.47. The Balaban J connectivity index is 2.58. The van der Waals surface area contributed by atoms with Crippen molar-refractivity contribution in [3.63, 3.8) is 0 Å². The van der Waals surface area contributed by atoms with Gasteiger partial charge in [-0.3, -0.25) is 4.57 Å². The van der Waals surface area contributed by atoms with E-state index in [0.717, 1.165) is 10.1 Å². The Bertz CT molecular complexity index is 892. The highest BCUT2D eigenvalue weighted by molar-refractivity contribution is 7.99. The number of nitrogens with zero attached hydrogens (tertiary/aromatic N) is 4. The quantitative estimate of drug-likeness (QED) is 0.680. The van der Waals surface area contributed by atoms with Gasteiger partial charge < -0.3 is 9.47 Å². The molecule has 0 amide bonds. The largest absolute Gasteiger partial charge is 0.497 e. The van der Waals surface area contributed by atoms with E-state index in [-0.39, 0.29) is 13.1 Å². The van der Waals surface area contributed by atoms with Gasteiger partial charge in [-0.15, -0.1) is 0 Å². The molecule has 25 heavy (non-hydrogen) atoms. The Morgan fingerprint density at radius 2 is 1.80 bits per heavy atom. The maximum atomic E-state index is 12.6. The molecule has 1 aromatic carbocycles. The molecule has 1 aromatic heterocycles. The monoisotopic (exact) mass is 362 g/mol. The summed E-state index contributed by atoms with van der Waals surface area (Å²) in [4.78, 5) is 28.6. The van der Waals surface area contributed by atoms with Crippen LogP contribution in [0.2, 0.25) is 0 Å². The van der Waals surface area contributed by atoms with Gasteiger partial charge >= 0.3 is 11.4 Å². The third-order valence-electron chi connectivity index (χ3n) is 3.37. The zero-order chi connectivity index (χ0) is 18.4. The van der Waals surface area contributed by atoms with Crippen LogP contribution in [0.4, 0.5) is 0 Å². The molecule has 0 unspecified atom stereocenters. The molecule has 0 radical (unpaired) electrons. The normalized spacial score (nSPS) is 10.3. The number of aromatic nitrogens is 3. The van der Waals surface area contributed by atoms with E-state index in [2.05, 4.69) is 4.98 Å². The van der Waals surface area contributed by atoms with Crippen LogP contribution in [0.25, 0.3) is 0 Å². The van der Waals surface area contributed by atoms with Gasteiger partial charge in [-0.25, -0.2) is 14.2 Å². The third kappa shape index (κ3) is 4.22. The smallest absolute Gasteiger partial charge is 0.355 e. The SMILES string of the molecule is CCSc1nc(=O)n(CC#N)c(=O)n1Cc1cc(OC)cc(OC)c1. The van der Waals surface area contributed by atoms with E-state index in [9.17, 15) is 9.59 Å². The lowest BCUT2D eigenvalue weighted by Gasteiger charge is -2.14. The molecular weight excluding hydrogens is 344 g/mol. The van der Waals surface area contributed by atoms with E-state index in [1.165, 1.54) is 30.5 Å². The fraction of sp³-hybridized carbons (Fsp3) is 0.375. The van der Waals surface area contributed by atoms with Crippen LogP contribution in [-0.4, -0.2) is 34.1 Å². The van der Waals surface area contributed by atoms with Crippen LogP contribution in [0.15, 0.2) is 32.9 Å². The third-order valence-corrected chi connectivity index (χ3v) is 4.23. The van der Waals surface area contributed by atoms with E-state index in [1.54, 1.807) is 18.2 Å². The fourth-order valence-corrected chi connectivity index (χ4v) is 2.93. The van der Waals surface area contributed by atoms with Crippen LogP contribution >= 0.6 is 11.8 Å². The minimum absolute atomic E-state index is 0.174. The first kappa shape index (κ1) is 18.6. The second-order valence-corrected chi connectivity index (χ2v) is 6.18. The zero-order valence-electron chi connectivity index (χ0n) is 14.2. The first-order chi connectivity index (χ1) is 12.0. The average Bonchev–Trinajstić information content (AvgIpc) is 2.61. The van der Waals surface area contributed by atoms with E-state index >= 15 is 0 Å². The zero-order valence-corrected chi connectivity index (χ0v) is 15.0. The van der Waals surface area contributed by atoms with Crippen LogP contribution in [0.1, 0.15) is 12.5 Å². The van der Waals surface area contributed by atoms with Gasteiger partial charge in [0.1, 0.15) is 18.0 Å². The summed E-state index contributed by atoms with van der Waals surface area (Å²) in [7, 11) is 3.08. The van der Waals surface area contributed by atoms with Crippen LogP contribution in [-0.2, 0) is 13.1 Å². The molecule has 2 rings (SSSR count). The van der Waals surface area contributed by atoms with Gasteiger partial charge in [-0.05, 0) is 23.4 Å². The van der Waals surface area contributed by atoms with E-state index in [1.807, 2.05) is 13.0 Å². The Morgan fingerprint density at radius 1 is 1.16 bits per heavy atom. The topological polar surface area (TPSA) is 99.1 Å². The molecule has 0 atom stereocenters. The Kier molecular flexibility index (Phi) is 6.25. The van der Waals surface area contributed by atoms with Crippen molar-refractivity contribution in [2.45, 2.75) is 25.2 Å². The lowest BCUT2D eigenvalue weighted by Crippen LogP contribution is -2.42. The number of rotatable bonds is 7. The van der Waals surface area contributed by atoms with Gasteiger partial charge in [0, 0.05) is 6.07 Å². The van der Waals surface area contributed by atoms with Gasteiger partial charge in [0.15, 0.2) is 5.16 Å². The van der Waals surface area contributed by atoms with Crippen LogP contribution in [0.5, 0.6) is 11.5 Å². The van der Waals surface area contributed by atoms with Crippen molar-refractivity contribution in [1.29, 1.82) is 5.26 Å². The van der Waals surface area contributed by atoms with Crippen molar-refractivity contribution in [2.75, 3.05) is 20.0 Å². The molecule has 2 aromatic rings. The molecule has 0 bridgehead atoms. The van der Waals surface area contributed by atoms with Crippen molar-refractivity contribution in [3.8, 4) is 17.6 Å². The molecule has 132 valence electrons. The summed E-state index contributed by atoms with van der Waals surface area (Å²) in [6, 6.07) is 7.08. The number of hydrogen-bond donors (Lipinski definition) is 0. The second kappa shape index (κ2) is 8.39. The Hall–Kier alpha value is -2.73. The molecule has 9 heteroatoms. The second-order valence-electron chi connectivity index (χ2n) is 4.94. The predicted octanol–water partition coefficient (Wildman–Crippen LogP) is 1.11. The standard InChI is InChI=1S/C16H18N4O4S/c1-4-25-15-18-14(21)19(6-5-17)16(22)20(15)10-11-7-12(23-2)9-13(8-11)24-3/h7-9H,4,6,10H2,1-3H3. The maximum absolute atomic E-state index is 12.6. The lowest BCUT2D eigenvalue weighted by molar-refractivity contribution is 0.392. The molecule has 0 aliphatic rings. The predicted molar refractivity (Wildman–Crippen MR) is 93.4 cm³/mol.